The number of amides is 1. The van der Waals surface area contributed by atoms with E-state index in [0.29, 0.717) is 0 Å². The van der Waals surface area contributed by atoms with E-state index in [4.69, 9.17) is 0 Å². The van der Waals surface area contributed by atoms with Crippen molar-refractivity contribution in [1.29, 1.82) is 0 Å². The van der Waals surface area contributed by atoms with Crippen molar-refractivity contribution in [3.63, 3.8) is 0 Å². The van der Waals surface area contributed by atoms with Crippen LogP contribution in [0.1, 0.15) is 45.1 Å². The van der Waals surface area contributed by atoms with Crippen LogP contribution in [0.3, 0.4) is 0 Å². The first-order valence-corrected chi connectivity index (χ1v) is 7.90. The minimum Gasteiger partial charge on any atom is -0.311 e. The lowest BCUT2D eigenvalue weighted by molar-refractivity contribution is -0.121. The molecule has 1 saturated heterocycles. The number of anilines is 1. The number of hydrogen-bond donors (Lipinski definition) is 1. The number of aryl methyl sites for hydroxylation is 1. The van der Waals surface area contributed by atoms with Gasteiger partial charge in [-0.05, 0) is 43.9 Å². The molecule has 2 rings (SSSR count). The number of carbonyl (C=O) groups is 1. The normalized spacial score (nSPS) is 19.4. The molecule has 1 aliphatic heterocycles. The SMILES string of the molecule is CCCNC1CCCN(c2ccccc2CCC)C1=O. The van der Waals surface area contributed by atoms with E-state index < -0.39 is 0 Å². The number of hydrogen-bond acceptors (Lipinski definition) is 2. The van der Waals surface area contributed by atoms with Crippen LogP contribution in [0.15, 0.2) is 24.3 Å². The van der Waals surface area contributed by atoms with Crippen LogP contribution in [0, 0.1) is 0 Å². The van der Waals surface area contributed by atoms with Gasteiger partial charge >= 0.3 is 0 Å². The summed E-state index contributed by atoms with van der Waals surface area (Å²) in [5, 5.41) is 3.38. The van der Waals surface area contributed by atoms with Gasteiger partial charge in [-0.3, -0.25) is 4.79 Å². The first-order valence-electron chi connectivity index (χ1n) is 7.90. The van der Waals surface area contributed by atoms with Crippen LogP contribution < -0.4 is 10.2 Å². The zero-order chi connectivity index (χ0) is 14.4. The molecule has 1 N–H and O–H groups in total. The molecule has 0 saturated carbocycles. The summed E-state index contributed by atoms with van der Waals surface area (Å²) in [6.45, 7) is 6.08. The van der Waals surface area contributed by atoms with Gasteiger partial charge in [0.05, 0.1) is 6.04 Å². The maximum Gasteiger partial charge on any atom is 0.244 e. The number of rotatable bonds is 6. The predicted molar refractivity (Wildman–Crippen MR) is 84.1 cm³/mol. The predicted octanol–water partition coefficient (Wildman–Crippen LogP) is 3.13. The first kappa shape index (κ1) is 15.0. The van der Waals surface area contributed by atoms with Crippen molar-refractivity contribution in [2.45, 2.75) is 52.0 Å². The second kappa shape index (κ2) is 7.44. The fraction of sp³-hybridized carbons (Fsp3) is 0.588. The van der Waals surface area contributed by atoms with E-state index in [1.54, 1.807) is 0 Å². The average Bonchev–Trinajstić information content (AvgIpc) is 2.47. The molecule has 3 nitrogen and oxygen atoms in total. The molecule has 1 atom stereocenters. The van der Waals surface area contributed by atoms with Gasteiger partial charge in [-0.1, -0.05) is 38.5 Å². The van der Waals surface area contributed by atoms with Crippen molar-refractivity contribution in [1.82, 2.24) is 5.32 Å². The Morgan fingerprint density at radius 2 is 2.05 bits per heavy atom. The Morgan fingerprint density at radius 1 is 1.25 bits per heavy atom. The molecule has 1 unspecified atom stereocenters. The summed E-state index contributed by atoms with van der Waals surface area (Å²) in [6, 6.07) is 8.33. The molecule has 1 aromatic carbocycles. The van der Waals surface area contributed by atoms with Crippen LogP contribution in [0.4, 0.5) is 5.69 Å². The molecule has 1 fully saturated rings. The largest absolute Gasteiger partial charge is 0.311 e. The zero-order valence-corrected chi connectivity index (χ0v) is 12.7. The van der Waals surface area contributed by atoms with Gasteiger partial charge in [0.15, 0.2) is 0 Å². The third kappa shape index (κ3) is 3.40. The summed E-state index contributed by atoms with van der Waals surface area (Å²) in [5.74, 6) is 0.244. The van der Waals surface area contributed by atoms with Crippen LogP contribution in [-0.2, 0) is 11.2 Å². The monoisotopic (exact) mass is 274 g/mol. The standard InChI is InChI=1S/C17H26N2O/c1-3-8-14-9-5-6-11-16(14)19-13-7-10-15(17(19)20)18-12-4-2/h5-6,9,11,15,18H,3-4,7-8,10,12-13H2,1-2H3. The molecule has 0 radical (unpaired) electrons. The van der Waals surface area contributed by atoms with E-state index in [-0.39, 0.29) is 11.9 Å². The van der Waals surface area contributed by atoms with E-state index in [2.05, 4.69) is 37.4 Å². The fourth-order valence-electron chi connectivity index (χ4n) is 2.88. The lowest BCUT2D eigenvalue weighted by atomic mass is 10.0. The summed E-state index contributed by atoms with van der Waals surface area (Å²) >= 11 is 0. The summed E-state index contributed by atoms with van der Waals surface area (Å²) in [6.07, 6.45) is 5.25. The maximum absolute atomic E-state index is 12.7. The summed E-state index contributed by atoms with van der Waals surface area (Å²) in [5.41, 5.74) is 2.40. The van der Waals surface area contributed by atoms with Gasteiger partial charge in [0.2, 0.25) is 5.91 Å². The zero-order valence-electron chi connectivity index (χ0n) is 12.7. The first-order chi connectivity index (χ1) is 9.77. The highest BCUT2D eigenvalue weighted by Crippen LogP contribution is 2.26. The second-order valence-electron chi connectivity index (χ2n) is 5.52. The summed E-state index contributed by atoms with van der Waals surface area (Å²) < 4.78 is 0. The number of piperidine rings is 1. The molecule has 20 heavy (non-hydrogen) atoms. The highest BCUT2D eigenvalue weighted by Gasteiger charge is 2.29. The van der Waals surface area contributed by atoms with Crippen LogP contribution in [0.2, 0.25) is 0 Å². The second-order valence-corrected chi connectivity index (χ2v) is 5.52. The van der Waals surface area contributed by atoms with Crippen LogP contribution >= 0.6 is 0 Å². The summed E-state index contributed by atoms with van der Waals surface area (Å²) in [7, 11) is 0. The minimum atomic E-state index is -0.00150. The van der Waals surface area contributed by atoms with Gasteiger partial charge in [0, 0.05) is 12.2 Å². The molecule has 1 amide bonds. The third-order valence-corrected chi connectivity index (χ3v) is 3.88. The van der Waals surface area contributed by atoms with Crippen molar-refractivity contribution < 1.29 is 4.79 Å². The van der Waals surface area contributed by atoms with Crippen molar-refractivity contribution in [3.05, 3.63) is 29.8 Å². The highest BCUT2D eigenvalue weighted by atomic mass is 16.2. The van der Waals surface area contributed by atoms with E-state index in [1.807, 2.05) is 11.0 Å². The van der Waals surface area contributed by atoms with Crippen LogP contribution in [0.25, 0.3) is 0 Å². The van der Waals surface area contributed by atoms with Crippen LogP contribution in [-0.4, -0.2) is 25.0 Å². The van der Waals surface area contributed by atoms with E-state index >= 15 is 0 Å². The number of carbonyl (C=O) groups excluding carboxylic acids is 1. The smallest absolute Gasteiger partial charge is 0.244 e. The van der Waals surface area contributed by atoms with Gasteiger partial charge in [-0.25, -0.2) is 0 Å². The molecular formula is C17H26N2O. The number of benzene rings is 1. The topological polar surface area (TPSA) is 32.3 Å². The van der Waals surface area contributed by atoms with Gasteiger partial charge < -0.3 is 10.2 Å². The molecule has 0 bridgehead atoms. The quantitative estimate of drug-likeness (QED) is 0.864. The van der Waals surface area contributed by atoms with Gasteiger partial charge in [0.25, 0.3) is 0 Å². The molecule has 0 spiro atoms. The highest BCUT2D eigenvalue weighted by molar-refractivity contribution is 5.98. The number of nitrogens with one attached hydrogen (secondary N) is 1. The molecular weight excluding hydrogens is 248 g/mol. The molecule has 1 heterocycles. The van der Waals surface area contributed by atoms with Crippen molar-refractivity contribution in [2.75, 3.05) is 18.0 Å². The molecule has 0 aromatic heterocycles. The Hall–Kier alpha value is -1.35. The Morgan fingerprint density at radius 3 is 2.80 bits per heavy atom. The Kier molecular flexibility index (Phi) is 5.60. The summed E-state index contributed by atoms with van der Waals surface area (Å²) in [4.78, 5) is 14.6. The number of para-hydroxylation sites is 1. The average molecular weight is 274 g/mol. The van der Waals surface area contributed by atoms with Crippen molar-refractivity contribution >= 4 is 11.6 Å². The Balaban J connectivity index is 2.17. The van der Waals surface area contributed by atoms with E-state index in [9.17, 15) is 4.79 Å². The fourth-order valence-corrected chi connectivity index (χ4v) is 2.88. The Labute approximate surface area is 122 Å². The molecule has 1 aromatic rings. The molecule has 1 aliphatic rings. The van der Waals surface area contributed by atoms with Crippen LogP contribution in [0.5, 0.6) is 0 Å². The minimum absolute atomic E-state index is 0.00150. The van der Waals surface area contributed by atoms with Gasteiger partial charge in [-0.15, -0.1) is 0 Å². The molecule has 0 aliphatic carbocycles. The third-order valence-electron chi connectivity index (χ3n) is 3.88. The lowest BCUT2D eigenvalue weighted by Crippen LogP contribution is -2.51. The maximum atomic E-state index is 12.7. The Bertz CT molecular complexity index is 444. The van der Waals surface area contributed by atoms with E-state index in [0.717, 1.165) is 50.9 Å². The number of nitrogens with zero attached hydrogens (tertiary/aromatic N) is 1. The van der Waals surface area contributed by atoms with Gasteiger partial charge in [-0.2, -0.15) is 0 Å². The lowest BCUT2D eigenvalue weighted by Gasteiger charge is -2.34. The molecule has 3 heteroatoms. The van der Waals surface area contributed by atoms with E-state index in [1.165, 1.54) is 5.56 Å². The van der Waals surface area contributed by atoms with Crippen molar-refractivity contribution in [3.8, 4) is 0 Å². The van der Waals surface area contributed by atoms with Gasteiger partial charge in [0.1, 0.15) is 0 Å². The van der Waals surface area contributed by atoms with Crippen molar-refractivity contribution in [2.24, 2.45) is 0 Å². The molecule has 110 valence electrons.